The van der Waals surface area contributed by atoms with Gasteiger partial charge in [0.1, 0.15) is 5.82 Å². The molecule has 1 fully saturated rings. The van der Waals surface area contributed by atoms with Gasteiger partial charge in [-0.2, -0.15) is 0 Å². The number of pyridine rings is 1. The van der Waals surface area contributed by atoms with Crippen molar-refractivity contribution in [2.45, 2.75) is 25.9 Å². The van der Waals surface area contributed by atoms with Crippen LogP contribution in [0.4, 0.5) is 5.82 Å². The van der Waals surface area contributed by atoms with Crippen molar-refractivity contribution in [3.05, 3.63) is 23.9 Å². The number of carbonyl (C=O) groups is 2. The number of amides is 2. The average Bonchev–Trinajstić information content (AvgIpc) is 2.36. The molecule has 0 atom stereocenters. The molecule has 0 aromatic carbocycles. The number of carbonyl (C=O) groups excluding carboxylic acids is 2. The molecule has 1 aliphatic rings. The van der Waals surface area contributed by atoms with E-state index in [9.17, 15) is 9.59 Å². The van der Waals surface area contributed by atoms with Gasteiger partial charge in [-0.3, -0.25) is 19.8 Å². The van der Waals surface area contributed by atoms with Crippen LogP contribution in [0.2, 0.25) is 0 Å². The van der Waals surface area contributed by atoms with Gasteiger partial charge in [-0.25, -0.2) is 10.8 Å². The summed E-state index contributed by atoms with van der Waals surface area (Å²) in [4.78, 5) is 29.1. The van der Waals surface area contributed by atoms with Crippen molar-refractivity contribution < 1.29 is 9.59 Å². The number of hydrogen-bond donors (Lipinski definition) is 3. The first-order valence-electron chi connectivity index (χ1n) is 5.94. The number of nitrogens with zero attached hydrogens (tertiary/aromatic N) is 2. The topological polar surface area (TPSA) is 100 Å². The van der Waals surface area contributed by atoms with E-state index in [1.165, 1.54) is 0 Å². The van der Waals surface area contributed by atoms with Gasteiger partial charge in [0.15, 0.2) is 0 Å². The molecule has 0 saturated carbocycles. The molecule has 7 nitrogen and oxygen atoms in total. The van der Waals surface area contributed by atoms with E-state index < -0.39 is 5.54 Å². The monoisotopic (exact) mass is 263 g/mol. The maximum absolute atomic E-state index is 11.8. The van der Waals surface area contributed by atoms with Crippen LogP contribution in [0.25, 0.3) is 0 Å². The highest BCUT2D eigenvalue weighted by molar-refractivity contribution is 6.02. The number of rotatable bonds is 3. The largest absolute Gasteiger partial charge is 0.308 e. The van der Waals surface area contributed by atoms with Gasteiger partial charge in [-0.1, -0.05) is 0 Å². The van der Waals surface area contributed by atoms with Crippen molar-refractivity contribution in [3.8, 4) is 0 Å². The van der Waals surface area contributed by atoms with Crippen molar-refractivity contribution in [3.63, 3.8) is 0 Å². The zero-order valence-corrected chi connectivity index (χ0v) is 10.9. The molecule has 1 aromatic rings. The fraction of sp³-hybridized carbons (Fsp3) is 0.417. The van der Waals surface area contributed by atoms with Crippen LogP contribution in [-0.4, -0.2) is 33.8 Å². The minimum Gasteiger partial charge on any atom is -0.308 e. The van der Waals surface area contributed by atoms with E-state index in [1.54, 1.807) is 26.1 Å². The third kappa shape index (κ3) is 2.72. The molecule has 102 valence electrons. The number of nitrogens with one attached hydrogen (secondary N) is 2. The van der Waals surface area contributed by atoms with Crippen LogP contribution >= 0.6 is 0 Å². The fourth-order valence-corrected chi connectivity index (χ4v) is 1.96. The normalized spacial score (nSPS) is 19.1. The molecule has 2 amide bonds. The van der Waals surface area contributed by atoms with Gasteiger partial charge in [0.25, 0.3) is 0 Å². The van der Waals surface area contributed by atoms with E-state index in [0.29, 0.717) is 12.4 Å². The van der Waals surface area contributed by atoms with Crippen LogP contribution in [0, 0.1) is 0 Å². The lowest BCUT2D eigenvalue weighted by Crippen LogP contribution is -2.63. The molecule has 19 heavy (non-hydrogen) atoms. The van der Waals surface area contributed by atoms with Crippen LogP contribution in [0.1, 0.15) is 19.4 Å². The van der Waals surface area contributed by atoms with E-state index in [2.05, 4.69) is 15.7 Å². The Morgan fingerprint density at radius 2 is 2.26 bits per heavy atom. The van der Waals surface area contributed by atoms with Gasteiger partial charge >= 0.3 is 0 Å². The first kappa shape index (κ1) is 13.4. The smallest absolute Gasteiger partial charge is 0.246 e. The lowest BCUT2D eigenvalue weighted by Gasteiger charge is -2.40. The van der Waals surface area contributed by atoms with Crippen LogP contribution in [-0.2, 0) is 16.1 Å². The Labute approximate surface area is 111 Å². The number of hydrogen-bond acceptors (Lipinski definition) is 6. The minimum absolute atomic E-state index is 0.187. The van der Waals surface area contributed by atoms with Crippen LogP contribution in [0.5, 0.6) is 0 Å². The van der Waals surface area contributed by atoms with E-state index in [-0.39, 0.29) is 18.4 Å². The highest BCUT2D eigenvalue weighted by Crippen LogP contribution is 2.21. The summed E-state index contributed by atoms with van der Waals surface area (Å²) < 4.78 is 0. The van der Waals surface area contributed by atoms with E-state index >= 15 is 0 Å². The molecule has 0 aliphatic carbocycles. The zero-order chi connectivity index (χ0) is 14.0. The van der Waals surface area contributed by atoms with E-state index in [4.69, 9.17) is 5.84 Å². The summed E-state index contributed by atoms with van der Waals surface area (Å²) in [6, 6.07) is 3.61. The second-order valence-corrected chi connectivity index (χ2v) is 4.99. The number of imide groups is 1. The zero-order valence-electron chi connectivity index (χ0n) is 10.9. The third-order valence-corrected chi connectivity index (χ3v) is 3.28. The third-order valence-electron chi connectivity index (χ3n) is 3.28. The highest BCUT2D eigenvalue weighted by Gasteiger charge is 2.40. The molecular formula is C12H17N5O2. The predicted octanol–water partition coefficient (Wildman–Crippen LogP) is -0.396. The lowest BCUT2D eigenvalue weighted by atomic mass is 9.98. The average molecular weight is 263 g/mol. The summed E-state index contributed by atoms with van der Waals surface area (Å²) in [5, 5.41) is 2.34. The van der Waals surface area contributed by atoms with E-state index in [0.717, 1.165) is 5.56 Å². The number of piperazine rings is 1. The Kier molecular flexibility index (Phi) is 3.50. The molecule has 0 spiro atoms. The van der Waals surface area contributed by atoms with Gasteiger partial charge in [0.2, 0.25) is 11.8 Å². The van der Waals surface area contributed by atoms with Gasteiger partial charge in [0, 0.05) is 12.7 Å². The van der Waals surface area contributed by atoms with Crippen molar-refractivity contribution >= 4 is 17.6 Å². The first-order valence-corrected chi connectivity index (χ1v) is 5.94. The fourth-order valence-electron chi connectivity index (χ4n) is 1.96. The molecule has 2 rings (SSSR count). The number of nitrogens with two attached hydrogens (primary N) is 1. The Morgan fingerprint density at radius 1 is 1.53 bits per heavy atom. The summed E-state index contributed by atoms with van der Waals surface area (Å²) in [5.74, 6) is 5.29. The Balaban J connectivity index is 2.20. The van der Waals surface area contributed by atoms with Crippen LogP contribution in [0.15, 0.2) is 18.3 Å². The summed E-state index contributed by atoms with van der Waals surface area (Å²) >= 11 is 0. The van der Waals surface area contributed by atoms with E-state index in [1.807, 2.05) is 11.0 Å². The Bertz CT molecular complexity index is 515. The minimum atomic E-state index is -0.729. The standard InChI is InChI=1S/C12H17N5O2/c1-12(2)11(19)15-10(18)7-17(12)6-8-3-4-14-9(5-8)16-13/h3-5H,6-7,13H2,1-2H3,(H,14,16)(H,15,18,19). The molecule has 2 heterocycles. The summed E-state index contributed by atoms with van der Waals surface area (Å²) in [7, 11) is 0. The summed E-state index contributed by atoms with van der Waals surface area (Å²) in [6.07, 6.45) is 1.63. The number of hydrazine groups is 1. The second-order valence-electron chi connectivity index (χ2n) is 4.99. The van der Waals surface area contributed by atoms with Crippen molar-refractivity contribution in [2.75, 3.05) is 12.0 Å². The molecular weight excluding hydrogens is 246 g/mol. The maximum atomic E-state index is 11.8. The molecule has 1 aromatic heterocycles. The molecule has 0 radical (unpaired) electrons. The predicted molar refractivity (Wildman–Crippen MR) is 69.7 cm³/mol. The maximum Gasteiger partial charge on any atom is 0.246 e. The molecule has 1 aliphatic heterocycles. The number of nitrogen functional groups attached to an aromatic ring is 1. The molecule has 7 heteroatoms. The van der Waals surface area contributed by atoms with Gasteiger partial charge in [0.05, 0.1) is 12.1 Å². The SMILES string of the molecule is CC1(C)C(=O)NC(=O)CN1Cc1ccnc(NN)c1. The molecule has 0 unspecified atom stereocenters. The van der Waals surface area contributed by atoms with Crippen molar-refractivity contribution in [1.29, 1.82) is 0 Å². The number of aromatic nitrogens is 1. The molecule has 1 saturated heterocycles. The highest BCUT2D eigenvalue weighted by atomic mass is 16.2. The van der Waals surface area contributed by atoms with Crippen LogP contribution in [0.3, 0.4) is 0 Å². The van der Waals surface area contributed by atoms with Crippen molar-refractivity contribution in [1.82, 2.24) is 15.2 Å². The number of anilines is 1. The molecule has 4 N–H and O–H groups in total. The first-order chi connectivity index (χ1) is 8.93. The van der Waals surface area contributed by atoms with Crippen LogP contribution < -0.4 is 16.6 Å². The quantitative estimate of drug-likeness (QED) is 0.390. The Hall–Kier alpha value is -1.99. The summed E-state index contributed by atoms with van der Waals surface area (Å²) in [6.45, 7) is 4.24. The van der Waals surface area contributed by atoms with Gasteiger partial charge in [-0.15, -0.1) is 0 Å². The van der Waals surface area contributed by atoms with Gasteiger partial charge in [-0.05, 0) is 31.5 Å². The Morgan fingerprint density at radius 3 is 2.95 bits per heavy atom. The van der Waals surface area contributed by atoms with Gasteiger partial charge < -0.3 is 5.43 Å². The molecule has 0 bridgehead atoms. The lowest BCUT2D eigenvalue weighted by molar-refractivity contribution is -0.145. The van der Waals surface area contributed by atoms with Crippen molar-refractivity contribution in [2.24, 2.45) is 5.84 Å². The second kappa shape index (κ2) is 4.94. The summed E-state index contributed by atoms with van der Waals surface area (Å²) in [5.41, 5.74) is 2.67.